The van der Waals surface area contributed by atoms with Crippen molar-refractivity contribution in [2.75, 3.05) is 136 Å². The highest BCUT2D eigenvalue weighted by atomic mass is 35.5. The number of hydrogen-bond acceptors (Lipinski definition) is 25. The summed E-state index contributed by atoms with van der Waals surface area (Å²) in [4.78, 5) is 87.5. The van der Waals surface area contributed by atoms with Crippen LogP contribution in [0.4, 0.5) is 39.8 Å². The van der Waals surface area contributed by atoms with Gasteiger partial charge in [0.05, 0.1) is 76.5 Å². The highest BCUT2D eigenvalue weighted by Crippen LogP contribution is 2.39. The zero-order valence-corrected chi connectivity index (χ0v) is 54.2. The molecule has 0 saturated heterocycles. The summed E-state index contributed by atoms with van der Waals surface area (Å²) in [6, 6.07) is 20.0. The molecule has 0 unspecified atom stereocenters. The van der Waals surface area contributed by atoms with Gasteiger partial charge in [0.1, 0.15) is 45.9 Å². The van der Waals surface area contributed by atoms with Crippen molar-refractivity contribution in [3.8, 4) is 23.7 Å². The van der Waals surface area contributed by atoms with Crippen LogP contribution in [0.2, 0.25) is 10.2 Å². The number of hydrogen-bond donors (Lipinski definition) is 1. The molecule has 0 fully saturated rings. The quantitative estimate of drug-likeness (QED) is 0.0348. The molecule has 9 aromatic heterocycles. The van der Waals surface area contributed by atoms with Crippen LogP contribution in [-0.2, 0) is 14.3 Å². The van der Waals surface area contributed by atoms with E-state index in [0.29, 0.717) is 67.7 Å². The standard InChI is InChI=1S/C17H13ClN4O2.C15H20N4O2.2C11H13N3O3.C8H8ClN3/c1-21(2)12-7-8-19-16-13(12)14-15(24-16)17(23)22(9-20-14)11-5-3-10(18)4-6-11;1-6-11(20)14-13(17-9-18(2)3)12-10(19(4)5)7-8-16-15(12)21-14;1-14(2)6-4-5-13-10-7(6)8(12)9(17-10)11(15)16-3;1-14(2)9-4-5-13-11(8(9)6-12)17-7-10(15)16-3;1-12(2)7-3-4-11-8(9)6(7)5-10/h3-9H,1-2H3;7-9H,6H2,1-5H3;4-5H,12H2,1-3H3;4-5H,7H2,1-3H3;3-4H,1-2H3. The number of esters is 2. The van der Waals surface area contributed by atoms with E-state index >= 15 is 0 Å². The monoisotopic (exact) mass is 1280 g/mol. The Hall–Kier alpha value is -11.0. The third-order valence-corrected chi connectivity index (χ3v) is 13.4. The number of halogens is 2. The van der Waals surface area contributed by atoms with Crippen molar-refractivity contribution in [3.63, 3.8) is 0 Å². The van der Waals surface area contributed by atoms with Crippen LogP contribution in [0, 0.1) is 22.7 Å². The Kier molecular flexibility index (Phi) is 23.7. The zero-order valence-electron chi connectivity index (χ0n) is 52.7. The molecule has 10 aromatic rings. The summed E-state index contributed by atoms with van der Waals surface area (Å²) in [6.07, 6.45) is 11.5. The van der Waals surface area contributed by atoms with Gasteiger partial charge in [-0.05, 0) is 54.6 Å². The first-order chi connectivity index (χ1) is 43.3. The van der Waals surface area contributed by atoms with Gasteiger partial charge in [-0.3, -0.25) is 14.2 Å². The van der Waals surface area contributed by atoms with Crippen molar-refractivity contribution in [2.24, 2.45) is 4.99 Å². The molecule has 0 saturated carbocycles. The molecule has 0 radical (unpaired) electrons. The average molecular weight is 1280 g/mol. The number of anilines is 6. The molecular weight excluding hydrogens is 1210 g/mol. The second-order valence-corrected chi connectivity index (χ2v) is 21.2. The van der Waals surface area contributed by atoms with E-state index in [4.69, 9.17) is 57.4 Å². The second-order valence-electron chi connectivity index (χ2n) is 20.4. The SMILES string of the molecule is CCC(=O)c1oc2nccc(N(C)C)c2c1N=CN(C)C.CN(C)c1ccnc(Cl)c1C#N.CN(C)c1ccnc2oc3c(=O)n(-c4ccc(Cl)cc4)cnc3c12.COC(=O)COc1nccc(N(C)C)c1C#N.COC(=O)c1oc2nccc(N(C)C)c2c1N. The number of methoxy groups -OCH3 is 2. The van der Waals surface area contributed by atoms with Crippen molar-refractivity contribution in [1.29, 1.82) is 10.5 Å². The van der Waals surface area contributed by atoms with Crippen molar-refractivity contribution in [1.82, 2.24) is 39.4 Å². The predicted octanol–water partition coefficient (Wildman–Crippen LogP) is 9.46. The maximum absolute atomic E-state index is 12.8. The lowest BCUT2D eigenvalue weighted by atomic mass is 10.1. The molecule has 474 valence electrons. The molecule has 0 aliphatic carbocycles. The van der Waals surface area contributed by atoms with Crippen LogP contribution in [-0.4, -0.2) is 169 Å². The number of pyridine rings is 5. The van der Waals surface area contributed by atoms with Gasteiger partial charge in [0.25, 0.3) is 0 Å². The van der Waals surface area contributed by atoms with E-state index in [0.717, 1.165) is 33.5 Å². The van der Waals surface area contributed by atoms with Crippen LogP contribution in [0.1, 0.15) is 45.6 Å². The molecule has 91 heavy (non-hydrogen) atoms. The molecular formula is C62H67Cl2N17O10. The number of carbonyl (C=O) groups excluding carboxylic acids is 3. The van der Waals surface area contributed by atoms with Gasteiger partial charge in [-0.2, -0.15) is 10.5 Å². The van der Waals surface area contributed by atoms with E-state index in [9.17, 15) is 19.2 Å². The van der Waals surface area contributed by atoms with Crippen molar-refractivity contribution >= 4 is 131 Å². The number of nitrogens with two attached hydrogens (primary N) is 1. The normalized spacial score (nSPS) is 10.5. The van der Waals surface area contributed by atoms with E-state index < -0.39 is 11.9 Å². The number of aromatic nitrogens is 7. The molecule has 0 spiro atoms. The maximum atomic E-state index is 12.8. The molecule has 1 aromatic carbocycles. The Labute approximate surface area is 533 Å². The fraction of sp³-hybridized carbons (Fsp3) is 0.274. The van der Waals surface area contributed by atoms with Gasteiger partial charge >= 0.3 is 17.5 Å². The Morgan fingerprint density at radius 1 is 0.626 bits per heavy atom. The van der Waals surface area contributed by atoms with E-state index in [1.54, 1.807) is 99.5 Å². The number of ketones is 1. The van der Waals surface area contributed by atoms with Crippen LogP contribution in [0.3, 0.4) is 0 Å². The summed E-state index contributed by atoms with van der Waals surface area (Å²) in [5.41, 5.74) is 13.8. The predicted molar refractivity (Wildman–Crippen MR) is 352 cm³/mol. The van der Waals surface area contributed by atoms with Crippen LogP contribution >= 0.6 is 23.2 Å². The minimum absolute atomic E-state index is 0.00991. The largest absolute Gasteiger partial charge is 0.466 e. The Morgan fingerprint density at radius 2 is 1.11 bits per heavy atom. The van der Waals surface area contributed by atoms with Gasteiger partial charge in [-0.15, -0.1) is 0 Å². The number of Topliss-reactive ketones (excluding diaryl/α,β-unsaturated/α-hetero) is 1. The molecule has 0 atom stereocenters. The van der Waals surface area contributed by atoms with Gasteiger partial charge < -0.3 is 62.6 Å². The van der Waals surface area contributed by atoms with Gasteiger partial charge in [-0.1, -0.05) is 30.1 Å². The summed E-state index contributed by atoms with van der Waals surface area (Å²) in [5.74, 6) is -0.819. The van der Waals surface area contributed by atoms with Crippen LogP contribution < -0.4 is 40.5 Å². The lowest BCUT2D eigenvalue weighted by molar-refractivity contribution is -0.143. The van der Waals surface area contributed by atoms with Crippen LogP contribution in [0.5, 0.6) is 5.88 Å². The van der Waals surface area contributed by atoms with Crippen molar-refractivity contribution in [3.05, 3.63) is 135 Å². The summed E-state index contributed by atoms with van der Waals surface area (Å²) in [5, 5.41) is 20.8. The van der Waals surface area contributed by atoms with Gasteiger partial charge in [0.2, 0.25) is 34.4 Å². The van der Waals surface area contributed by atoms with Crippen molar-refractivity contribution in [2.45, 2.75) is 13.3 Å². The first-order valence-corrected chi connectivity index (χ1v) is 28.0. The van der Waals surface area contributed by atoms with Gasteiger partial charge in [0, 0.05) is 127 Å². The summed E-state index contributed by atoms with van der Waals surface area (Å²) in [6.45, 7) is 1.53. The van der Waals surface area contributed by atoms with Gasteiger partial charge in [-0.25, -0.2) is 44.5 Å². The number of nitriles is 2. The van der Waals surface area contributed by atoms with Crippen molar-refractivity contribution < 1.29 is 41.8 Å². The molecule has 2 N–H and O–H groups in total. The summed E-state index contributed by atoms with van der Waals surface area (Å²) in [7, 11) is 25.1. The minimum atomic E-state index is -0.606. The fourth-order valence-corrected chi connectivity index (χ4v) is 8.78. The molecule has 0 bridgehead atoms. The Bertz CT molecular complexity index is 4410. The van der Waals surface area contributed by atoms with Crippen LogP contribution in [0.25, 0.3) is 50.1 Å². The van der Waals surface area contributed by atoms with E-state index in [1.807, 2.05) is 119 Å². The van der Waals surface area contributed by atoms with Gasteiger partial charge in [0.15, 0.2) is 18.2 Å². The molecule has 0 aliphatic rings. The number of ether oxygens (including phenoxy) is 3. The molecule has 29 heteroatoms. The lowest BCUT2D eigenvalue weighted by Crippen LogP contribution is -2.18. The molecule has 10 rings (SSSR count). The van der Waals surface area contributed by atoms with E-state index in [-0.39, 0.29) is 51.8 Å². The first-order valence-electron chi connectivity index (χ1n) is 27.3. The number of nitrogen functional groups attached to an aromatic ring is 1. The number of rotatable bonds is 14. The van der Waals surface area contributed by atoms with Crippen LogP contribution in [0.15, 0.2) is 115 Å². The molecule has 9 heterocycles. The minimum Gasteiger partial charge on any atom is -0.466 e. The number of nitrogens with zero attached hydrogens (tertiary/aromatic N) is 16. The molecule has 0 amide bonds. The third-order valence-electron chi connectivity index (χ3n) is 12.8. The first kappa shape index (κ1) is 69.1. The lowest BCUT2D eigenvalue weighted by Gasteiger charge is -2.15. The molecule has 27 nitrogen and oxygen atoms in total. The topological polar surface area (TPSA) is 323 Å². The number of aliphatic imine (C=N–C) groups is 1. The Morgan fingerprint density at radius 3 is 1.62 bits per heavy atom. The maximum Gasteiger partial charge on any atom is 0.376 e. The van der Waals surface area contributed by atoms with E-state index in [1.165, 1.54) is 31.3 Å². The summed E-state index contributed by atoms with van der Waals surface area (Å²) < 4.78 is 32.3. The smallest absolute Gasteiger partial charge is 0.376 e. The number of furan rings is 3. The zero-order chi connectivity index (χ0) is 67.0. The number of benzene rings is 1. The van der Waals surface area contributed by atoms with E-state index in [2.05, 4.69) is 44.4 Å². The third kappa shape index (κ3) is 16.2. The Balaban J connectivity index is 0.000000184. The highest BCUT2D eigenvalue weighted by Gasteiger charge is 2.25. The highest BCUT2D eigenvalue weighted by molar-refractivity contribution is 6.31. The number of carbonyl (C=O) groups is 3. The summed E-state index contributed by atoms with van der Waals surface area (Å²) >= 11 is 11.6. The second kappa shape index (κ2) is 31.2. The fourth-order valence-electron chi connectivity index (χ4n) is 8.46. The number of fused-ring (bicyclic) bond motifs is 5. The average Bonchev–Trinajstić information content (AvgIpc) is 1.72. The molecule has 0 aliphatic heterocycles.